The fourth-order valence-electron chi connectivity index (χ4n) is 1.75. The molecule has 0 radical (unpaired) electrons. The Morgan fingerprint density at radius 1 is 1.54 bits per heavy atom. The molecule has 0 spiro atoms. The van der Waals surface area contributed by atoms with Gasteiger partial charge in [-0.15, -0.1) is 0 Å². The summed E-state index contributed by atoms with van der Waals surface area (Å²) in [5.74, 6) is 0.0901. The number of nitrogens with one attached hydrogen (secondary N) is 1. The largest absolute Gasteiger partial charge is 0.393 e. The summed E-state index contributed by atoms with van der Waals surface area (Å²) in [6.07, 6.45) is 3.35. The molecular formula is C9H18N2O2. The van der Waals surface area contributed by atoms with E-state index in [0.29, 0.717) is 18.9 Å². The van der Waals surface area contributed by atoms with Gasteiger partial charge in [0, 0.05) is 19.5 Å². The Hall–Kier alpha value is -0.610. The van der Waals surface area contributed by atoms with Crippen LogP contribution in [0.25, 0.3) is 0 Å². The molecular weight excluding hydrogens is 168 g/mol. The number of aliphatic hydroxyl groups is 1. The third kappa shape index (κ3) is 3.74. The van der Waals surface area contributed by atoms with Gasteiger partial charge in [-0.3, -0.25) is 4.79 Å². The molecule has 1 rings (SSSR count). The molecule has 0 bridgehead atoms. The van der Waals surface area contributed by atoms with Crippen LogP contribution in [-0.2, 0) is 4.79 Å². The highest BCUT2D eigenvalue weighted by atomic mass is 16.3. The zero-order valence-electron chi connectivity index (χ0n) is 7.83. The van der Waals surface area contributed by atoms with Crippen molar-refractivity contribution in [3.8, 4) is 0 Å². The number of primary amides is 1. The first-order valence-electron chi connectivity index (χ1n) is 4.87. The van der Waals surface area contributed by atoms with Crippen molar-refractivity contribution in [2.75, 3.05) is 13.1 Å². The molecule has 0 heterocycles. The Kier molecular flexibility index (Phi) is 4.18. The number of nitrogens with two attached hydrogens (primary N) is 1. The van der Waals surface area contributed by atoms with Gasteiger partial charge in [0.15, 0.2) is 0 Å². The standard InChI is InChI=1S/C9H18N2O2/c10-9(13)4-5-11-6-7-2-1-3-8(7)12/h7-8,11-12H,1-6H2,(H2,10,13). The minimum atomic E-state index is -0.278. The molecule has 76 valence electrons. The van der Waals surface area contributed by atoms with Gasteiger partial charge in [-0.2, -0.15) is 0 Å². The highest BCUT2D eigenvalue weighted by Gasteiger charge is 2.24. The van der Waals surface area contributed by atoms with Gasteiger partial charge in [0.1, 0.15) is 0 Å². The number of hydrogen-bond acceptors (Lipinski definition) is 3. The second kappa shape index (κ2) is 5.19. The van der Waals surface area contributed by atoms with E-state index < -0.39 is 0 Å². The van der Waals surface area contributed by atoms with Crippen LogP contribution in [0.5, 0.6) is 0 Å². The molecule has 0 aromatic rings. The summed E-state index contributed by atoms with van der Waals surface area (Å²) in [7, 11) is 0. The first-order valence-corrected chi connectivity index (χ1v) is 4.87. The molecule has 1 aliphatic rings. The molecule has 13 heavy (non-hydrogen) atoms. The van der Waals surface area contributed by atoms with Crippen LogP contribution in [-0.4, -0.2) is 30.2 Å². The average molecular weight is 186 g/mol. The molecule has 1 saturated carbocycles. The molecule has 0 saturated heterocycles. The fourth-order valence-corrected chi connectivity index (χ4v) is 1.75. The van der Waals surface area contributed by atoms with E-state index in [1.807, 2.05) is 0 Å². The predicted molar refractivity (Wildman–Crippen MR) is 50.0 cm³/mol. The Labute approximate surface area is 78.5 Å². The van der Waals surface area contributed by atoms with Crippen LogP contribution in [0.2, 0.25) is 0 Å². The quantitative estimate of drug-likeness (QED) is 0.512. The molecule has 4 N–H and O–H groups in total. The molecule has 1 fully saturated rings. The van der Waals surface area contributed by atoms with E-state index in [4.69, 9.17) is 5.73 Å². The Balaban J connectivity index is 2.02. The lowest BCUT2D eigenvalue weighted by atomic mass is 10.1. The van der Waals surface area contributed by atoms with Crippen molar-refractivity contribution < 1.29 is 9.90 Å². The average Bonchev–Trinajstić information content (AvgIpc) is 2.45. The minimum Gasteiger partial charge on any atom is -0.393 e. The molecule has 0 aliphatic heterocycles. The zero-order valence-corrected chi connectivity index (χ0v) is 7.83. The van der Waals surface area contributed by atoms with Gasteiger partial charge in [0.2, 0.25) is 5.91 Å². The maximum Gasteiger partial charge on any atom is 0.218 e. The number of hydrogen-bond donors (Lipinski definition) is 3. The zero-order chi connectivity index (χ0) is 9.68. The minimum absolute atomic E-state index is 0.152. The summed E-state index contributed by atoms with van der Waals surface area (Å²) in [5.41, 5.74) is 4.99. The van der Waals surface area contributed by atoms with Crippen molar-refractivity contribution in [2.45, 2.75) is 31.8 Å². The van der Waals surface area contributed by atoms with Crippen LogP contribution in [0.4, 0.5) is 0 Å². The topological polar surface area (TPSA) is 75.4 Å². The second-order valence-electron chi connectivity index (χ2n) is 3.68. The summed E-state index contributed by atoms with van der Waals surface area (Å²) in [6.45, 7) is 1.42. The molecule has 0 aromatic carbocycles. The monoisotopic (exact) mass is 186 g/mol. The van der Waals surface area contributed by atoms with Gasteiger partial charge >= 0.3 is 0 Å². The summed E-state index contributed by atoms with van der Waals surface area (Å²) in [5, 5.41) is 12.6. The summed E-state index contributed by atoms with van der Waals surface area (Å²) < 4.78 is 0. The van der Waals surface area contributed by atoms with Crippen LogP contribution in [0, 0.1) is 5.92 Å². The molecule has 1 aliphatic carbocycles. The van der Waals surface area contributed by atoms with Crippen LogP contribution < -0.4 is 11.1 Å². The Morgan fingerprint density at radius 2 is 2.31 bits per heavy atom. The van der Waals surface area contributed by atoms with E-state index in [0.717, 1.165) is 25.8 Å². The molecule has 1 amide bonds. The van der Waals surface area contributed by atoms with E-state index >= 15 is 0 Å². The smallest absolute Gasteiger partial charge is 0.218 e. The summed E-state index contributed by atoms with van der Waals surface area (Å²) in [6, 6.07) is 0. The SMILES string of the molecule is NC(=O)CCNCC1CCCC1O. The van der Waals surface area contributed by atoms with Crippen molar-refractivity contribution in [1.29, 1.82) is 0 Å². The Bertz CT molecular complexity index is 173. The number of carbonyl (C=O) groups is 1. The lowest BCUT2D eigenvalue weighted by Gasteiger charge is -2.14. The first-order chi connectivity index (χ1) is 6.20. The molecule has 4 nitrogen and oxygen atoms in total. The Morgan fingerprint density at radius 3 is 2.85 bits per heavy atom. The third-order valence-corrected chi connectivity index (χ3v) is 2.57. The molecule has 2 atom stereocenters. The number of amides is 1. The van der Waals surface area contributed by atoms with Crippen molar-refractivity contribution in [2.24, 2.45) is 11.7 Å². The lowest BCUT2D eigenvalue weighted by molar-refractivity contribution is -0.117. The van der Waals surface area contributed by atoms with Crippen molar-refractivity contribution in [1.82, 2.24) is 5.32 Å². The lowest BCUT2D eigenvalue weighted by Crippen LogP contribution is -2.30. The summed E-state index contributed by atoms with van der Waals surface area (Å²) >= 11 is 0. The van der Waals surface area contributed by atoms with Gasteiger partial charge in [-0.05, 0) is 18.8 Å². The van der Waals surface area contributed by atoms with E-state index in [1.54, 1.807) is 0 Å². The van der Waals surface area contributed by atoms with Gasteiger partial charge < -0.3 is 16.2 Å². The first kappa shape index (κ1) is 10.5. The maximum atomic E-state index is 10.4. The van der Waals surface area contributed by atoms with Gasteiger partial charge in [0.05, 0.1) is 6.10 Å². The van der Waals surface area contributed by atoms with E-state index in [-0.39, 0.29) is 12.0 Å². The van der Waals surface area contributed by atoms with Gasteiger partial charge in [-0.25, -0.2) is 0 Å². The highest BCUT2D eigenvalue weighted by Crippen LogP contribution is 2.24. The van der Waals surface area contributed by atoms with Crippen molar-refractivity contribution in [3.05, 3.63) is 0 Å². The van der Waals surface area contributed by atoms with Crippen molar-refractivity contribution in [3.63, 3.8) is 0 Å². The number of rotatable bonds is 5. The fraction of sp³-hybridized carbons (Fsp3) is 0.889. The maximum absolute atomic E-state index is 10.4. The highest BCUT2D eigenvalue weighted by molar-refractivity contribution is 5.73. The summed E-state index contributed by atoms with van der Waals surface area (Å²) in [4.78, 5) is 10.4. The number of carbonyl (C=O) groups excluding carboxylic acids is 1. The van der Waals surface area contributed by atoms with Crippen LogP contribution in [0.1, 0.15) is 25.7 Å². The third-order valence-electron chi connectivity index (χ3n) is 2.57. The van der Waals surface area contributed by atoms with Crippen LogP contribution in [0.3, 0.4) is 0 Å². The number of aliphatic hydroxyl groups excluding tert-OH is 1. The van der Waals surface area contributed by atoms with Gasteiger partial charge in [-0.1, -0.05) is 6.42 Å². The normalized spacial score (nSPS) is 27.8. The van der Waals surface area contributed by atoms with Crippen LogP contribution in [0.15, 0.2) is 0 Å². The van der Waals surface area contributed by atoms with E-state index in [9.17, 15) is 9.90 Å². The van der Waals surface area contributed by atoms with E-state index in [2.05, 4.69) is 5.32 Å². The van der Waals surface area contributed by atoms with Gasteiger partial charge in [0.25, 0.3) is 0 Å². The molecule has 2 unspecified atom stereocenters. The van der Waals surface area contributed by atoms with E-state index in [1.165, 1.54) is 0 Å². The van der Waals surface area contributed by atoms with Crippen molar-refractivity contribution >= 4 is 5.91 Å². The molecule has 4 heteroatoms. The predicted octanol–water partition coefficient (Wildman–Crippen LogP) is -0.388. The van der Waals surface area contributed by atoms with Crippen LogP contribution >= 0.6 is 0 Å². The molecule has 0 aromatic heterocycles. The second-order valence-corrected chi connectivity index (χ2v) is 3.68.